The Kier molecular flexibility index (Phi) is 6.55. The lowest BCUT2D eigenvalue weighted by Gasteiger charge is -2.40. The van der Waals surface area contributed by atoms with E-state index in [9.17, 15) is 24.6 Å². The van der Waals surface area contributed by atoms with Crippen LogP contribution in [0.3, 0.4) is 0 Å². The molecular formula is C24H29ClN2O5S. The Morgan fingerprint density at radius 3 is 2.67 bits per heavy atom. The van der Waals surface area contributed by atoms with Crippen LogP contribution in [0, 0.1) is 17.8 Å². The molecule has 2 unspecified atom stereocenters. The number of aliphatic carboxylic acids is 1. The number of carbonyl (C=O) groups excluding carboxylic acids is 2. The maximum Gasteiger partial charge on any atom is 0.308 e. The molecule has 0 radical (unpaired) electrons. The van der Waals surface area contributed by atoms with Gasteiger partial charge in [0, 0.05) is 11.8 Å². The molecule has 3 saturated heterocycles. The first-order valence-corrected chi connectivity index (χ1v) is 12.5. The molecule has 3 aliphatic rings. The second-order valence-corrected chi connectivity index (χ2v) is 11.3. The first kappa shape index (κ1) is 24.1. The number of benzene rings is 1. The third-order valence-corrected chi connectivity index (χ3v) is 9.56. The van der Waals surface area contributed by atoms with Gasteiger partial charge in [-0.05, 0) is 30.9 Å². The molecular weight excluding hydrogens is 464 g/mol. The average molecular weight is 493 g/mol. The van der Waals surface area contributed by atoms with Crippen molar-refractivity contribution in [1.29, 1.82) is 0 Å². The molecule has 1 aromatic carbocycles. The lowest BCUT2D eigenvalue weighted by Crippen LogP contribution is -2.58. The summed E-state index contributed by atoms with van der Waals surface area (Å²) in [7, 11) is 0. The van der Waals surface area contributed by atoms with Crippen LogP contribution in [-0.2, 0) is 14.4 Å². The van der Waals surface area contributed by atoms with E-state index in [4.69, 9.17) is 11.6 Å². The van der Waals surface area contributed by atoms with Crippen molar-refractivity contribution in [2.45, 2.75) is 48.8 Å². The number of thioether (sulfide) groups is 1. The monoisotopic (exact) mass is 492 g/mol. The van der Waals surface area contributed by atoms with Crippen molar-refractivity contribution in [3.63, 3.8) is 0 Å². The smallest absolute Gasteiger partial charge is 0.308 e. The Hall–Kier alpha value is -2.03. The molecule has 33 heavy (non-hydrogen) atoms. The van der Waals surface area contributed by atoms with Gasteiger partial charge in [-0.15, -0.1) is 18.3 Å². The summed E-state index contributed by atoms with van der Waals surface area (Å²) in [5.74, 6) is -3.42. The number of para-hydroxylation sites is 1. The second kappa shape index (κ2) is 8.96. The van der Waals surface area contributed by atoms with Gasteiger partial charge in [-0.25, -0.2) is 0 Å². The maximum atomic E-state index is 14.3. The Balaban J connectivity index is 1.86. The van der Waals surface area contributed by atoms with Crippen LogP contribution < -0.4 is 4.90 Å². The summed E-state index contributed by atoms with van der Waals surface area (Å²) in [4.78, 5) is 43.3. The molecule has 7 nitrogen and oxygen atoms in total. The molecule has 0 aromatic heterocycles. The number of halogens is 1. The van der Waals surface area contributed by atoms with Gasteiger partial charge in [0.25, 0.3) is 5.91 Å². The fourth-order valence-corrected chi connectivity index (χ4v) is 8.31. The Morgan fingerprint density at radius 2 is 2.09 bits per heavy atom. The largest absolute Gasteiger partial charge is 0.481 e. The average Bonchev–Trinajstić information content (AvgIpc) is 3.40. The number of carboxylic acids is 1. The quantitative estimate of drug-likeness (QED) is 0.541. The number of nitrogens with zero attached hydrogens (tertiary/aromatic N) is 2. The number of hydrogen-bond acceptors (Lipinski definition) is 5. The van der Waals surface area contributed by atoms with Gasteiger partial charge < -0.3 is 20.0 Å². The van der Waals surface area contributed by atoms with E-state index in [0.717, 1.165) is 0 Å². The summed E-state index contributed by atoms with van der Waals surface area (Å²) in [6.45, 7) is 7.43. The first-order valence-electron chi connectivity index (χ1n) is 11.2. The van der Waals surface area contributed by atoms with E-state index in [2.05, 4.69) is 6.58 Å². The van der Waals surface area contributed by atoms with E-state index in [-0.39, 0.29) is 36.1 Å². The van der Waals surface area contributed by atoms with Crippen LogP contribution >= 0.6 is 23.4 Å². The SMILES string of the molecule is C=CCN(C(=O)C1N([C@@H](CO)C(C)C)C(=O)[C@@H]2[C@H](C(=O)O)[C@@H]3CCC12S3)c1ccccc1Cl. The van der Waals surface area contributed by atoms with Crippen molar-refractivity contribution in [1.82, 2.24) is 4.90 Å². The van der Waals surface area contributed by atoms with Crippen LogP contribution in [0.25, 0.3) is 0 Å². The van der Waals surface area contributed by atoms with Gasteiger partial charge in [-0.2, -0.15) is 0 Å². The lowest BCUT2D eigenvalue weighted by atomic mass is 9.71. The number of carboxylic acid groups (broad SMARTS) is 1. The van der Waals surface area contributed by atoms with Crippen LogP contribution in [0.4, 0.5) is 5.69 Å². The molecule has 3 fully saturated rings. The van der Waals surface area contributed by atoms with Gasteiger partial charge in [0.2, 0.25) is 5.91 Å². The molecule has 6 atom stereocenters. The number of likely N-dealkylation sites (tertiary alicyclic amines) is 1. The molecule has 1 spiro atoms. The van der Waals surface area contributed by atoms with Crippen LogP contribution in [0.15, 0.2) is 36.9 Å². The van der Waals surface area contributed by atoms with E-state index in [1.807, 2.05) is 13.8 Å². The van der Waals surface area contributed by atoms with Crippen molar-refractivity contribution in [3.05, 3.63) is 41.9 Å². The molecule has 2 N–H and O–H groups in total. The highest BCUT2D eigenvalue weighted by Gasteiger charge is 2.74. The van der Waals surface area contributed by atoms with E-state index in [1.54, 1.807) is 30.3 Å². The van der Waals surface area contributed by atoms with Gasteiger partial charge in [0.1, 0.15) is 6.04 Å². The summed E-state index contributed by atoms with van der Waals surface area (Å²) < 4.78 is -0.842. The summed E-state index contributed by atoms with van der Waals surface area (Å²) >= 11 is 7.91. The Morgan fingerprint density at radius 1 is 1.39 bits per heavy atom. The van der Waals surface area contributed by atoms with Crippen LogP contribution in [0.5, 0.6) is 0 Å². The normalized spacial score (nSPS) is 31.1. The molecule has 2 bridgehead atoms. The maximum absolute atomic E-state index is 14.3. The van der Waals surface area contributed by atoms with Crippen molar-refractivity contribution in [3.8, 4) is 0 Å². The number of fused-ring (bicyclic) bond motifs is 1. The van der Waals surface area contributed by atoms with Crippen molar-refractivity contribution in [2.75, 3.05) is 18.1 Å². The standard InChI is InChI=1S/C24H29ClN2O5S/c1-4-11-26(15-8-6-5-7-14(15)25)22(30)20-24-10-9-17(33-24)18(23(31)32)19(24)21(29)27(20)16(12-28)13(2)3/h4-8,13,16-20,28H,1,9-12H2,2-3H3,(H,31,32)/t16-,17-,18+,19-,20?,24?/m0/s1. The molecule has 4 rings (SSSR count). The van der Waals surface area contributed by atoms with Gasteiger partial charge in [-0.1, -0.05) is 43.7 Å². The minimum atomic E-state index is -1.00. The highest BCUT2D eigenvalue weighted by Crippen LogP contribution is 2.67. The predicted octanol–water partition coefficient (Wildman–Crippen LogP) is 3.05. The minimum Gasteiger partial charge on any atom is -0.481 e. The number of aliphatic hydroxyl groups is 1. The van der Waals surface area contributed by atoms with E-state index in [0.29, 0.717) is 23.6 Å². The Labute approximate surface area is 202 Å². The molecule has 9 heteroatoms. The van der Waals surface area contributed by atoms with E-state index in [1.165, 1.54) is 21.6 Å². The summed E-state index contributed by atoms with van der Waals surface area (Å²) in [5.41, 5.74) is 0.508. The Bertz CT molecular complexity index is 987. The van der Waals surface area contributed by atoms with Crippen LogP contribution in [-0.4, -0.2) is 68.1 Å². The van der Waals surface area contributed by atoms with Crippen molar-refractivity contribution < 1.29 is 24.6 Å². The van der Waals surface area contributed by atoms with Gasteiger partial charge >= 0.3 is 5.97 Å². The summed E-state index contributed by atoms with van der Waals surface area (Å²) in [6, 6.07) is 5.49. The molecule has 178 valence electrons. The minimum absolute atomic E-state index is 0.122. The fraction of sp³-hybridized carbons (Fsp3) is 0.542. The summed E-state index contributed by atoms with van der Waals surface area (Å²) in [6.07, 6.45) is 2.82. The molecule has 0 saturated carbocycles. The topological polar surface area (TPSA) is 98.2 Å². The van der Waals surface area contributed by atoms with Gasteiger partial charge in [0.05, 0.1) is 39.9 Å². The predicted molar refractivity (Wildman–Crippen MR) is 128 cm³/mol. The molecule has 1 aromatic rings. The number of aliphatic hydroxyl groups excluding tert-OH is 1. The lowest BCUT2D eigenvalue weighted by molar-refractivity contribution is -0.149. The number of rotatable bonds is 8. The first-order chi connectivity index (χ1) is 15.7. The van der Waals surface area contributed by atoms with Crippen LogP contribution in [0.1, 0.15) is 26.7 Å². The summed E-state index contributed by atoms with van der Waals surface area (Å²) in [5, 5.41) is 20.4. The molecule has 2 amide bonds. The zero-order chi connectivity index (χ0) is 24.1. The highest BCUT2D eigenvalue weighted by molar-refractivity contribution is 8.02. The number of amides is 2. The highest BCUT2D eigenvalue weighted by atomic mass is 35.5. The van der Waals surface area contributed by atoms with E-state index < -0.39 is 34.6 Å². The number of hydrogen-bond donors (Lipinski definition) is 2. The zero-order valence-electron chi connectivity index (χ0n) is 18.7. The van der Waals surface area contributed by atoms with Crippen molar-refractivity contribution >= 4 is 46.8 Å². The number of anilines is 1. The number of carbonyl (C=O) groups is 3. The molecule has 3 aliphatic heterocycles. The van der Waals surface area contributed by atoms with Crippen LogP contribution in [0.2, 0.25) is 5.02 Å². The van der Waals surface area contributed by atoms with Gasteiger partial charge in [0.15, 0.2) is 0 Å². The third kappa shape index (κ3) is 3.58. The fourth-order valence-electron chi connectivity index (χ4n) is 5.88. The van der Waals surface area contributed by atoms with Crippen molar-refractivity contribution in [2.24, 2.45) is 17.8 Å². The zero-order valence-corrected chi connectivity index (χ0v) is 20.3. The molecule has 0 aliphatic carbocycles. The van der Waals surface area contributed by atoms with Gasteiger partial charge in [-0.3, -0.25) is 14.4 Å². The third-order valence-electron chi connectivity index (χ3n) is 7.29. The second-order valence-electron chi connectivity index (χ2n) is 9.32. The molecule has 3 heterocycles. The van der Waals surface area contributed by atoms with E-state index >= 15 is 0 Å².